The zero-order chi connectivity index (χ0) is 14.9. The number of nitrogens with zero attached hydrogens (tertiary/aromatic N) is 1. The molecular formula is C18H17NO2. The lowest BCUT2D eigenvalue weighted by Gasteiger charge is -2.17. The van der Waals surface area contributed by atoms with Gasteiger partial charge in [-0.15, -0.1) is 0 Å². The Bertz CT molecular complexity index is 669. The summed E-state index contributed by atoms with van der Waals surface area (Å²) in [7, 11) is 0. The van der Waals surface area contributed by atoms with E-state index in [-0.39, 0.29) is 0 Å². The number of allylic oxidation sites excluding steroid dienone is 4. The van der Waals surface area contributed by atoms with Gasteiger partial charge in [0.25, 0.3) is 0 Å². The molecule has 0 bridgehead atoms. The van der Waals surface area contributed by atoms with Gasteiger partial charge in [0.15, 0.2) is 5.41 Å². The predicted octanol–water partition coefficient (Wildman–Crippen LogP) is 3.07. The molecule has 0 amide bonds. The van der Waals surface area contributed by atoms with Crippen LogP contribution in [-0.2, 0) is 22.4 Å². The van der Waals surface area contributed by atoms with Crippen LogP contribution in [0.4, 0.5) is 0 Å². The van der Waals surface area contributed by atoms with E-state index in [1.165, 1.54) is 5.56 Å². The Kier molecular flexibility index (Phi) is 3.39. The minimum atomic E-state index is -1.04. The predicted molar refractivity (Wildman–Crippen MR) is 79.6 cm³/mol. The van der Waals surface area contributed by atoms with Crippen molar-refractivity contribution >= 4 is 5.97 Å². The summed E-state index contributed by atoms with van der Waals surface area (Å²) in [4.78, 5) is 12.1. The fourth-order valence-corrected chi connectivity index (χ4v) is 3.10. The van der Waals surface area contributed by atoms with Crippen LogP contribution >= 0.6 is 0 Å². The molecule has 1 atom stereocenters. The molecule has 0 saturated carbocycles. The number of ether oxygens (including phenoxy) is 1. The summed E-state index contributed by atoms with van der Waals surface area (Å²) in [6.07, 6.45) is 9.26. The molecule has 2 aliphatic rings. The van der Waals surface area contributed by atoms with E-state index in [0.717, 1.165) is 11.1 Å². The maximum atomic E-state index is 12.1. The van der Waals surface area contributed by atoms with Gasteiger partial charge in [-0.3, -0.25) is 4.79 Å². The molecule has 3 rings (SSSR count). The van der Waals surface area contributed by atoms with E-state index in [0.29, 0.717) is 25.4 Å². The summed E-state index contributed by atoms with van der Waals surface area (Å²) in [5.41, 5.74) is 2.34. The molecule has 1 aromatic carbocycles. The molecule has 0 saturated heterocycles. The summed E-state index contributed by atoms with van der Waals surface area (Å²) in [5, 5.41) is 9.49. The molecule has 3 nitrogen and oxygen atoms in total. The highest BCUT2D eigenvalue weighted by atomic mass is 16.5. The number of esters is 1. The van der Waals surface area contributed by atoms with Crippen molar-refractivity contribution in [3.05, 3.63) is 59.2 Å². The molecule has 0 aliphatic heterocycles. The fraction of sp³-hybridized carbons (Fsp3) is 0.333. The van der Waals surface area contributed by atoms with Crippen molar-refractivity contribution in [1.29, 1.82) is 5.26 Å². The zero-order valence-corrected chi connectivity index (χ0v) is 12.0. The molecule has 0 radical (unpaired) electrons. The van der Waals surface area contributed by atoms with Crippen molar-refractivity contribution in [2.24, 2.45) is 5.41 Å². The maximum Gasteiger partial charge on any atom is 0.327 e. The molecular weight excluding hydrogens is 262 g/mol. The Hall–Kier alpha value is -2.34. The van der Waals surface area contributed by atoms with Gasteiger partial charge in [-0.2, -0.15) is 5.26 Å². The normalized spacial score (nSPS) is 23.0. The van der Waals surface area contributed by atoms with Crippen LogP contribution in [0, 0.1) is 16.7 Å². The lowest BCUT2D eigenvalue weighted by Crippen LogP contribution is -2.32. The van der Waals surface area contributed by atoms with Crippen LogP contribution in [0.2, 0.25) is 0 Å². The van der Waals surface area contributed by atoms with Crippen molar-refractivity contribution in [2.45, 2.75) is 25.7 Å². The SMILES string of the molecule is CCOC(=O)C1(C#N)Cc2ccc(C3C=CC=C3)cc2C1. The maximum absolute atomic E-state index is 12.1. The quantitative estimate of drug-likeness (QED) is 0.799. The minimum Gasteiger partial charge on any atom is -0.465 e. The van der Waals surface area contributed by atoms with Gasteiger partial charge < -0.3 is 4.74 Å². The number of carbonyl (C=O) groups excluding carboxylic acids is 1. The summed E-state index contributed by atoms with van der Waals surface area (Å²) in [6.45, 7) is 2.07. The van der Waals surface area contributed by atoms with Crippen LogP contribution in [0.3, 0.4) is 0 Å². The standard InChI is InChI=1S/C18H17NO2/c1-2-21-17(20)18(12-19)10-15-8-7-14(9-16(15)11-18)13-5-3-4-6-13/h3-9,13H,2,10-11H2,1H3. The van der Waals surface area contributed by atoms with Crippen molar-refractivity contribution in [3.63, 3.8) is 0 Å². The molecule has 21 heavy (non-hydrogen) atoms. The number of fused-ring (bicyclic) bond motifs is 1. The Morgan fingerprint density at radius 1 is 1.33 bits per heavy atom. The molecule has 1 unspecified atom stereocenters. The first-order chi connectivity index (χ1) is 10.2. The Labute approximate surface area is 124 Å². The van der Waals surface area contributed by atoms with E-state index in [4.69, 9.17) is 4.74 Å². The highest BCUT2D eigenvalue weighted by Gasteiger charge is 2.45. The smallest absolute Gasteiger partial charge is 0.327 e. The van der Waals surface area contributed by atoms with Crippen molar-refractivity contribution in [2.75, 3.05) is 6.61 Å². The highest BCUT2D eigenvalue weighted by molar-refractivity contribution is 5.82. The molecule has 0 N–H and O–H groups in total. The number of carbonyl (C=O) groups is 1. The number of benzene rings is 1. The van der Waals surface area contributed by atoms with Crippen molar-refractivity contribution in [1.82, 2.24) is 0 Å². The van der Waals surface area contributed by atoms with Crippen LogP contribution in [0.1, 0.15) is 29.5 Å². The molecule has 1 aromatic rings. The summed E-state index contributed by atoms with van der Waals surface area (Å²) >= 11 is 0. The van der Waals surface area contributed by atoms with Gasteiger partial charge >= 0.3 is 5.97 Å². The third-order valence-electron chi connectivity index (χ3n) is 4.23. The van der Waals surface area contributed by atoms with Gasteiger partial charge in [0.2, 0.25) is 0 Å². The van der Waals surface area contributed by atoms with E-state index in [2.05, 4.69) is 30.4 Å². The van der Waals surface area contributed by atoms with Crippen LogP contribution in [0.5, 0.6) is 0 Å². The second-order valence-electron chi connectivity index (χ2n) is 5.59. The number of hydrogen-bond acceptors (Lipinski definition) is 3. The third-order valence-corrected chi connectivity index (χ3v) is 4.23. The summed E-state index contributed by atoms with van der Waals surface area (Å²) in [6, 6.07) is 8.45. The fourth-order valence-electron chi connectivity index (χ4n) is 3.10. The first-order valence-corrected chi connectivity index (χ1v) is 7.24. The van der Waals surface area contributed by atoms with Gasteiger partial charge in [0, 0.05) is 18.8 Å². The van der Waals surface area contributed by atoms with E-state index in [1.807, 2.05) is 18.2 Å². The topological polar surface area (TPSA) is 50.1 Å². The lowest BCUT2D eigenvalue weighted by atomic mass is 9.86. The van der Waals surface area contributed by atoms with Crippen molar-refractivity contribution < 1.29 is 9.53 Å². The molecule has 0 spiro atoms. The highest BCUT2D eigenvalue weighted by Crippen LogP contribution is 2.39. The molecule has 0 fully saturated rings. The average molecular weight is 279 g/mol. The Morgan fingerprint density at radius 3 is 2.71 bits per heavy atom. The molecule has 3 heteroatoms. The first kappa shape index (κ1) is 13.6. The number of nitriles is 1. The summed E-state index contributed by atoms with van der Waals surface area (Å²) in [5.74, 6) is -0.0964. The molecule has 0 heterocycles. The van der Waals surface area contributed by atoms with Gasteiger partial charge in [0.05, 0.1) is 12.7 Å². The van der Waals surface area contributed by atoms with E-state index in [9.17, 15) is 10.1 Å². The van der Waals surface area contributed by atoms with Crippen LogP contribution in [-0.4, -0.2) is 12.6 Å². The van der Waals surface area contributed by atoms with Crippen LogP contribution in [0.25, 0.3) is 0 Å². The second kappa shape index (κ2) is 5.21. The van der Waals surface area contributed by atoms with E-state index < -0.39 is 11.4 Å². The van der Waals surface area contributed by atoms with Gasteiger partial charge in [-0.1, -0.05) is 42.5 Å². The van der Waals surface area contributed by atoms with E-state index >= 15 is 0 Å². The van der Waals surface area contributed by atoms with Gasteiger partial charge in [-0.05, 0) is 23.6 Å². The molecule has 106 valence electrons. The van der Waals surface area contributed by atoms with Crippen LogP contribution in [0.15, 0.2) is 42.5 Å². The Balaban J connectivity index is 1.90. The van der Waals surface area contributed by atoms with Crippen LogP contribution < -0.4 is 0 Å². The zero-order valence-electron chi connectivity index (χ0n) is 12.0. The lowest BCUT2D eigenvalue weighted by molar-refractivity contribution is -0.151. The number of hydrogen-bond donors (Lipinski definition) is 0. The monoisotopic (exact) mass is 279 g/mol. The number of rotatable bonds is 3. The van der Waals surface area contributed by atoms with E-state index in [1.54, 1.807) is 6.92 Å². The first-order valence-electron chi connectivity index (χ1n) is 7.24. The minimum absolute atomic E-state index is 0.301. The molecule has 0 aromatic heterocycles. The third kappa shape index (κ3) is 2.27. The Morgan fingerprint density at radius 2 is 2.05 bits per heavy atom. The molecule has 2 aliphatic carbocycles. The van der Waals surface area contributed by atoms with Gasteiger partial charge in [0.1, 0.15) is 0 Å². The average Bonchev–Trinajstić information content (AvgIpc) is 3.14. The summed E-state index contributed by atoms with van der Waals surface area (Å²) < 4.78 is 5.10. The second-order valence-corrected chi connectivity index (χ2v) is 5.59. The van der Waals surface area contributed by atoms with Crippen molar-refractivity contribution in [3.8, 4) is 6.07 Å². The largest absolute Gasteiger partial charge is 0.465 e. The van der Waals surface area contributed by atoms with Gasteiger partial charge in [-0.25, -0.2) is 0 Å².